The second-order valence-corrected chi connectivity index (χ2v) is 4.69. The van der Waals surface area contributed by atoms with Crippen LogP contribution >= 0.6 is 0 Å². The van der Waals surface area contributed by atoms with Crippen molar-refractivity contribution in [2.24, 2.45) is 7.05 Å². The lowest BCUT2D eigenvalue weighted by atomic mass is 10.2. The molecule has 0 radical (unpaired) electrons. The predicted molar refractivity (Wildman–Crippen MR) is 72.5 cm³/mol. The predicted octanol–water partition coefficient (Wildman–Crippen LogP) is 0.346. The number of aryl methyl sites for hydroxylation is 1. The van der Waals surface area contributed by atoms with Gasteiger partial charge in [0.15, 0.2) is 11.9 Å². The van der Waals surface area contributed by atoms with Crippen LogP contribution < -0.4 is 4.90 Å². The summed E-state index contributed by atoms with van der Waals surface area (Å²) in [7, 11) is 3.30. The lowest BCUT2D eigenvalue weighted by Crippen LogP contribution is -2.47. The van der Waals surface area contributed by atoms with Crippen molar-refractivity contribution < 1.29 is 14.3 Å². The van der Waals surface area contributed by atoms with Gasteiger partial charge in [0.1, 0.15) is 5.52 Å². The highest BCUT2D eigenvalue weighted by Gasteiger charge is 2.29. The topological polar surface area (TPSA) is 69.5 Å². The molecule has 1 fully saturated rings. The Kier molecular flexibility index (Phi) is 3.27. The van der Waals surface area contributed by atoms with Gasteiger partial charge < -0.3 is 18.9 Å². The lowest BCUT2D eigenvalue weighted by molar-refractivity contribution is -0.154. The van der Waals surface area contributed by atoms with Crippen LogP contribution in [0, 0.1) is 0 Å². The van der Waals surface area contributed by atoms with Crippen molar-refractivity contribution in [3.8, 4) is 0 Å². The molecule has 0 aromatic carbocycles. The van der Waals surface area contributed by atoms with Crippen LogP contribution in [0.15, 0.2) is 18.6 Å². The van der Waals surface area contributed by atoms with Crippen molar-refractivity contribution in [3.05, 3.63) is 18.6 Å². The molecule has 2 aromatic heterocycles. The summed E-state index contributed by atoms with van der Waals surface area (Å²) in [5.74, 6) is 0.420. The number of hydrogen-bond donors (Lipinski definition) is 0. The molecule has 3 heterocycles. The largest absolute Gasteiger partial charge is 0.467 e. The molecule has 7 nitrogen and oxygen atoms in total. The summed E-state index contributed by atoms with van der Waals surface area (Å²) < 4.78 is 12.1. The summed E-state index contributed by atoms with van der Waals surface area (Å²) in [5, 5.41) is 0. The van der Waals surface area contributed by atoms with E-state index in [4.69, 9.17) is 9.47 Å². The summed E-state index contributed by atoms with van der Waals surface area (Å²) in [6, 6.07) is 1.92. The number of imidazole rings is 1. The minimum absolute atomic E-state index is 0.358. The maximum absolute atomic E-state index is 11.6. The Morgan fingerprint density at radius 3 is 3.15 bits per heavy atom. The molecule has 3 rings (SSSR count). The highest BCUT2D eigenvalue weighted by atomic mass is 16.6. The first-order chi connectivity index (χ1) is 9.70. The Hall–Kier alpha value is -2.15. The van der Waals surface area contributed by atoms with E-state index in [2.05, 4.69) is 9.97 Å². The van der Waals surface area contributed by atoms with Crippen LogP contribution in [-0.2, 0) is 21.3 Å². The molecule has 2 aromatic rings. The number of esters is 1. The third-order valence-corrected chi connectivity index (χ3v) is 3.45. The van der Waals surface area contributed by atoms with Crippen LogP contribution in [0.5, 0.6) is 0 Å². The lowest BCUT2D eigenvalue weighted by Gasteiger charge is -2.32. The van der Waals surface area contributed by atoms with Crippen molar-refractivity contribution in [1.82, 2.24) is 14.5 Å². The van der Waals surface area contributed by atoms with Crippen LogP contribution in [0.1, 0.15) is 0 Å². The molecule has 1 unspecified atom stereocenters. The minimum Gasteiger partial charge on any atom is -0.467 e. The molecule has 7 heteroatoms. The normalized spacial score (nSPS) is 19.3. The zero-order valence-electron chi connectivity index (χ0n) is 11.4. The molecule has 1 aliphatic heterocycles. The molecule has 0 saturated carbocycles. The molecule has 20 heavy (non-hydrogen) atoms. The van der Waals surface area contributed by atoms with Crippen LogP contribution in [0.2, 0.25) is 0 Å². The molecule has 0 N–H and O–H groups in total. The number of carbonyl (C=O) groups is 1. The molecule has 1 aliphatic rings. The number of pyridine rings is 1. The van der Waals surface area contributed by atoms with E-state index in [0.29, 0.717) is 19.7 Å². The number of morpholine rings is 1. The van der Waals surface area contributed by atoms with E-state index in [0.717, 1.165) is 16.9 Å². The van der Waals surface area contributed by atoms with Gasteiger partial charge in [-0.1, -0.05) is 0 Å². The Morgan fingerprint density at radius 2 is 2.35 bits per heavy atom. The van der Waals surface area contributed by atoms with Crippen LogP contribution in [-0.4, -0.2) is 53.4 Å². The van der Waals surface area contributed by atoms with Gasteiger partial charge in [-0.15, -0.1) is 0 Å². The highest BCUT2D eigenvalue weighted by Crippen LogP contribution is 2.24. The summed E-state index contributed by atoms with van der Waals surface area (Å²) in [6.07, 6.45) is 2.94. The van der Waals surface area contributed by atoms with E-state index in [-0.39, 0.29) is 5.97 Å². The van der Waals surface area contributed by atoms with E-state index >= 15 is 0 Å². The molecule has 1 atom stereocenters. The standard InChI is InChI=1S/C13H16N4O3/c1-16-8-15-11-9(16)3-4-14-12(11)17-5-6-20-10(7-17)13(18)19-2/h3-4,8,10H,5-7H2,1-2H3. The van der Waals surface area contributed by atoms with Crippen LogP contribution in [0.4, 0.5) is 5.82 Å². The molecule has 0 amide bonds. The third-order valence-electron chi connectivity index (χ3n) is 3.45. The van der Waals surface area contributed by atoms with Gasteiger partial charge in [0.05, 0.1) is 32.1 Å². The van der Waals surface area contributed by atoms with Gasteiger partial charge in [-0.3, -0.25) is 0 Å². The fourth-order valence-corrected chi connectivity index (χ4v) is 2.40. The highest BCUT2D eigenvalue weighted by molar-refractivity contribution is 5.86. The van der Waals surface area contributed by atoms with E-state index in [1.807, 2.05) is 22.6 Å². The SMILES string of the molecule is COC(=O)C1CN(c2nccc3c2ncn3C)CCO1. The first-order valence-electron chi connectivity index (χ1n) is 6.41. The molecule has 0 spiro atoms. The molecular formula is C13H16N4O3. The molecule has 0 aliphatic carbocycles. The van der Waals surface area contributed by atoms with Gasteiger partial charge in [0, 0.05) is 19.8 Å². The summed E-state index contributed by atoms with van der Waals surface area (Å²) in [5.41, 5.74) is 1.84. The first kappa shape index (κ1) is 12.9. The van der Waals surface area contributed by atoms with E-state index in [1.165, 1.54) is 7.11 Å². The first-order valence-corrected chi connectivity index (χ1v) is 6.41. The Bertz CT molecular complexity index is 640. The quantitative estimate of drug-likeness (QED) is 0.737. The van der Waals surface area contributed by atoms with Crippen LogP contribution in [0.3, 0.4) is 0 Å². The Balaban J connectivity index is 1.92. The molecule has 106 valence electrons. The molecule has 1 saturated heterocycles. The van der Waals surface area contributed by atoms with E-state index in [1.54, 1.807) is 12.5 Å². The Morgan fingerprint density at radius 1 is 1.50 bits per heavy atom. The monoisotopic (exact) mass is 276 g/mol. The fourth-order valence-electron chi connectivity index (χ4n) is 2.40. The number of anilines is 1. The van der Waals surface area contributed by atoms with Crippen molar-refractivity contribution in [3.63, 3.8) is 0 Å². The average molecular weight is 276 g/mol. The van der Waals surface area contributed by atoms with Gasteiger partial charge in [0.25, 0.3) is 0 Å². The molecular weight excluding hydrogens is 260 g/mol. The zero-order valence-corrected chi connectivity index (χ0v) is 11.4. The van der Waals surface area contributed by atoms with Gasteiger partial charge in [0.2, 0.25) is 0 Å². The molecule has 0 bridgehead atoms. The third kappa shape index (κ3) is 2.09. The number of methoxy groups -OCH3 is 1. The maximum Gasteiger partial charge on any atom is 0.336 e. The van der Waals surface area contributed by atoms with E-state index in [9.17, 15) is 4.79 Å². The second kappa shape index (κ2) is 5.09. The summed E-state index contributed by atoms with van der Waals surface area (Å²) in [4.78, 5) is 22.4. The number of hydrogen-bond acceptors (Lipinski definition) is 6. The van der Waals surface area contributed by atoms with Crippen molar-refractivity contribution in [2.45, 2.75) is 6.10 Å². The van der Waals surface area contributed by atoms with Crippen molar-refractivity contribution >= 4 is 22.8 Å². The summed E-state index contributed by atoms with van der Waals surface area (Å²) in [6.45, 7) is 1.57. The number of aromatic nitrogens is 3. The number of nitrogens with zero attached hydrogens (tertiary/aromatic N) is 4. The summed E-state index contributed by atoms with van der Waals surface area (Å²) >= 11 is 0. The number of ether oxygens (including phenoxy) is 2. The van der Waals surface area contributed by atoms with Crippen molar-refractivity contribution in [2.75, 3.05) is 31.7 Å². The van der Waals surface area contributed by atoms with Crippen molar-refractivity contribution in [1.29, 1.82) is 0 Å². The number of carbonyl (C=O) groups excluding carboxylic acids is 1. The number of fused-ring (bicyclic) bond motifs is 1. The van der Waals surface area contributed by atoms with Gasteiger partial charge in [-0.25, -0.2) is 14.8 Å². The van der Waals surface area contributed by atoms with Crippen LogP contribution in [0.25, 0.3) is 11.0 Å². The maximum atomic E-state index is 11.6. The number of rotatable bonds is 2. The fraction of sp³-hybridized carbons (Fsp3) is 0.462. The minimum atomic E-state index is -0.575. The van der Waals surface area contributed by atoms with Gasteiger partial charge in [-0.2, -0.15) is 0 Å². The second-order valence-electron chi connectivity index (χ2n) is 4.69. The van der Waals surface area contributed by atoms with Gasteiger partial charge in [-0.05, 0) is 6.07 Å². The van der Waals surface area contributed by atoms with E-state index < -0.39 is 6.10 Å². The van der Waals surface area contributed by atoms with Gasteiger partial charge >= 0.3 is 5.97 Å². The smallest absolute Gasteiger partial charge is 0.336 e. The Labute approximate surface area is 116 Å². The zero-order chi connectivity index (χ0) is 14.1. The average Bonchev–Trinajstić information content (AvgIpc) is 2.88.